The fourth-order valence-corrected chi connectivity index (χ4v) is 4.65. The number of hydrogen-bond acceptors (Lipinski definition) is 2. The van der Waals surface area contributed by atoms with Crippen molar-refractivity contribution in [2.75, 3.05) is 30.9 Å². The monoisotopic (exact) mass is 371 g/mol. The van der Waals surface area contributed by atoms with Gasteiger partial charge in [0, 0.05) is 38.1 Å². The van der Waals surface area contributed by atoms with Crippen LogP contribution < -0.4 is 10.2 Å². The predicted octanol–water partition coefficient (Wildman–Crippen LogP) is 5.89. The molecule has 3 rings (SSSR count). The number of nitrogens with zero attached hydrogens (tertiary/aromatic N) is 2. The number of rotatable bonds is 5. The molecular formula is C23H37N3O. The van der Waals surface area contributed by atoms with Gasteiger partial charge in [-0.2, -0.15) is 0 Å². The van der Waals surface area contributed by atoms with Gasteiger partial charge in [-0.3, -0.25) is 0 Å². The van der Waals surface area contributed by atoms with Crippen LogP contribution in [-0.4, -0.2) is 37.6 Å². The minimum absolute atomic E-state index is 0.102. The molecule has 0 aromatic heterocycles. The Kier molecular flexibility index (Phi) is 7.42. The first-order valence-electron chi connectivity index (χ1n) is 11.0. The molecule has 2 aliphatic rings. The van der Waals surface area contributed by atoms with Gasteiger partial charge in [-0.05, 0) is 55.9 Å². The summed E-state index contributed by atoms with van der Waals surface area (Å²) in [5.74, 6) is 0.684. The zero-order chi connectivity index (χ0) is 19.1. The van der Waals surface area contributed by atoms with Gasteiger partial charge in [0.25, 0.3) is 0 Å². The molecule has 2 fully saturated rings. The lowest BCUT2D eigenvalue weighted by molar-refractivity contribution is 0.154. The molecule has 0 unspecified atom stereocenters. The Labute approximate surface area is 165 Å². The first kappa shape index (κ1) is 20.0. The molecule has 0 heterocycles. The van der Waals surface area contributed by atoms with Crippen molar-refractivity contribution in [1.29, 1.82) is 0 Å². The Bertz CT molecular complexity index is 570. The largest absolute Gasteiger partial charge is 0.378 e. The van der Waals surface area contributed by atoms with E-state index in [0.29, 0.717) is 12.0 Å². The van der Waals surface area contributed by atoms with Gasteiger partial charge in [0.05, 0.1) is 0 Å². The molecule has 1 aromatic carbocycles. The first-order chi connectivity index (χ1) is 13.1. The Morgan fingerprint density at radius 2 is 1.44 bits per heavy atom. The Balaban J connectivity index is 1.68. The van der Waals surface area contributed by atoms with E-state index in [1.54, 1.807) is 0 Å². The van der Waals surface area contributed by atoms with E-state index < -0.39 is 0 Å². The molecule has 1 N–H and O–H groups in total. The Morgan fingerprint density at radius 1 is 0.889 bits per heavy atom. The van der Waals surface area contributed by atoms with Gasteiger partial charge in [-0.25, -0.2) is 4.79 Å². The summed E-state index contributed by atoms with van der Waals surface area (Å²) in [5, 5.41) is 3.18. The summed E-state index contributed by atoms with van der Waals surface area (Å²) in [6.07, 6.45) is 14.1. The summed E-state index contributed by atoms with van der Waals surface area (Å²) in [6, 6.07) is 8.66. The average molecular weight is 372 g/mol. The third-order valence-electron chi connectivity index (χ3n) is 6.34. The van der Waals surface area contributed by atoms with Crippen molar-refractivity contribution in [1.82, 2.24) is 4.90 Å². The molecule has 2 amide bonds. The number of benzene rings is 1. The average Bonchev–Trinajstić information content (AvgIpc) is 2.96. The number of carbonyl (C=O) groups is 1. The summed E-state index contributed by atoms with van der Waals surface area (Å²) >= 11 is 0. The van der Waals surface area contributed by atoms with Crippen LogP contribution >= 0.6 is 0 Å². The summed E-state index contributed by atoms with van der Waals surface area (Å²) in [5.41, 5.74) is 2.05. The lowest BCUT2D eigenvalue weighted by Gasteiger charge is -2.35. The Morgan fingerprint density at radius 3 is 2.04 bits per heavy atom. The van der Waals surface area contributed by atoms with E-state index in [9.17, 15) is 4.79 Å². The minimum Gasteiger partial charge on any atom is -0.378 e. The molecule has 0 radical (unpaired) electrons. The highest BCUT2D eigenvalue weighted by Gasteiger charge is 2.28. The molecule has 2 saturated carbocycles. The lowest BCUT2D eigenvalue weighted by atomic mass is 9.88. The summed E-state index contributed by atoms with van der Waals surface area (Å²) in [7, 11) is 4.07. The van der Waals surface area contributed by atoms with Gasteiger partial charge >= 0.3 is 6.03 Å². The van der Waals surface area contributed by atoms with E-state index in [0.717, 1.165) is 17.9 Å². The van der Waals surface area contributed by atoms with Gasteiger partial charge in [0.2, 0.25) is 0 Å². The summed E-state index contributed by atoms with van der Waals surface area (Å²) < 4.78 is 0. The zero-order valence-electron chi connectivity index (χ0n) is 17.3. The number of hydrogen-bond donors (Lipinski definition) is 1. The van der Waals surface area contributed by atoms with Crippen molar-refractivity contribution >= 4 is 17.4 Å². The number of carbonyl (C=O) groups excluding carboxylic acids is 1. The van der Waals surface area contributed by atoms with Crippen LogP contribution in [0.1, 0.15) is 70.6 Å². The fraction of sp³-hybridized carbons (Fsp3) is 0.696. The van der Waals surface area contributed by atoms with Crippen LogP contribution in [-0.2, 0) is 0 Å². The van der Waals surface area contributed by atoms with Gasteiger partial charge in [-0.15, -0.1) is 0 Å². The number of amides is 2. The second-order valence-corrected chi connectivity index (χ2v) is 8.67. The molecule has 1 aromatic rings. The predicted molar refractivity (Wildman–Crippen MR) is 115 cm³/mol. The molecule has 0 aliphatic heterocycles. The minimum atomic E-state index is 0.102. The third kappa shape index (κ3) is 5.88. The van der Waals surface area contributed by atoms with Gasteiger partial charge < -0.3 is 15.1 Å². The van der Waals surface area contributed by atoms with Crippen molar-refractivity contribution in [3.8, 4) is 0 Å². The molecule has 4 nitrogen and oxygen atoms in total. The van der Waals surface area contributed by atoms with Crippen LogP contribution in [0.4, 0.5) is 16.2 Å². The van der Waals surface area contributed by atoms with Crippen LogP contribution in [0.5, 0.6) is 0 Å². The molecule has 2 aliphatic carbocycles. The maximum atomic E-state index is 13.2. The summed E-state index contributed by atoms with van der Waals surface area (Å²) in [4.78, 5) is 17.5. The number of nitrogens with one attached hydrogen (secondary N) is 1. The molecule has 0 saturated heterocycles. The quantitative estimate of drug-likeness (QED) is 0.655. The van der Waals surface area contributed by atoms with Crippen LogP contribution in [0.15, 0.2) is 24.3 Å². The smallest absolute Gasteiger partial charge is 0.322 e. The van der Waals surface area contributed by atoms with E-state index in [4.69, 9.17) is 0 Å². The van der Waals surface area contributed by atoms with Gasteiger partial charge in [0.1, 0.15) is 0 Å². The van der Waals surface area contributed by atoms with Gasteiger partial charge in [0.15, 0.2) is 0 Å². The van der Waals surface area contributed by atoms with Crippen molar-refractivity contribution in [3.63, 3.8) is 0 Å². The van der Waals surface area contributed by atoms with Crippen molar-refractivity contribution < 1.29 is 4.79 Å². The number of urea groups is 1. The summed E-state index contributed by atoms with van der Waals surface area (Å²) in [6.45, 7) is 0.937. The normalized spacial score (nSPS) is 19.3. The standard InChI is InChI=1S/C23H37N3O/c1-25(2)21-16-14-20(15-17-21)24-23(27)26(18-19-10-6-5-7-11-19)22-12-8-3-4-9-13-22/h14-17,19,22H,3-13,18H2,1-2H3,(H,24,27). The number of anilines is 2. The molecular weight excluding hydrogens is 334 g/mol. The fourth-order valence-electron chi connectivity index (χ4n) is 4.65. The molecule has 27 heavy (non-hydrogen) atoms. The zero-order valence-corrected chi connectivity index (χ0v) is 17.3. The van der Waals surface area contributed by atoms with Crippen LogP contribution in [0.2, 0.25) is 0 Å². The second-order valence-electron chi connectivity index (χ2n) is 8.67. The molecule has 4 heteroatoms. The Hall–Kier alpha value is -1.71. The molecule has 0 spiro atoms. The van der Waals surface area contributed by atoms with Crippen molar-refractivity contribution in [2.24, 2.45) is 5.92 Å². The van der Waals surface area contributed by atoms with Gasteiger partial charge in [-0.1, -0.05) is 44.9 Å². The molecule has 150 valence electrons. The highest BCUT2D eigenvalue weighted by molar-refractivity contribution is 5.89. The molecule has 0 bridgehead atoms. The van der Waals surface area contributed by atoms with E-state index >= 15 is 0 Å². The maximum Gasteiger partial charge on any atom is 0.322 e. The van der Waals surface area contributed by atoms with E-state index in [1.165, 1.54) is 70.6 Å². The lowest BCUT2D eigenvalue weighted by Crippen LogP contribution is -2.45. The van der Waals surface area contributed by atoms with Crippen LogP contribution in [0.25, 0.3) is 0 Å². The molecule has 0 atom stereocenters. The van der Waals surface area contributed by atoms with E-state index in [1.807, 2.05) is 26.2 Å². The van der Waals surface area contributed by atoms with E-state index in [-0.39, 0.29) is 6.03 Å². The topological polar surface area (TPSA) is 35.6 Å². The third-order valence-corrected chi connectivity index (χ3v) is 6.34. The highest BCUT2D eigenvalue weighted by Crippen LogP contribution is 2.29. The second kappa shape index (κ2) is 10.0. The SMILES string of the molecule is CN(C)c1ccc(NC(=O)N(CC2CCCCC2)C2CCCCCC2)cc1. The first-order valence-corrected chi connectivity index (χ1v) is 11.0. The van der Waals surface area contributed by atoms with Crippen molar-refractivity contribution in [2.45, 2.75) is 76.7 Å². The highest BCUT2D eigenvalue weighted by atomic mass is 16.2. The van der Waals surface area contributed by atoms with Crippen LogP contribution in [0, 0.1) is 5.92 Å². The van der Waals surface area contributed by atoms with Crippen LogP contribution in [0.3, 0.4) is 0 Å². The van der Waals surface area contributed by atoms with E-state index in [2.05, 4.69) is 27.2 Å². The maximum absolute atomic E-state index is 13.2. The van der Waals surface area contributed by atoms with Crippen molar-refractivity contribution in [3.05, 3.63) is 24.3 Å².